The maximum Gasteiger partial charge on any atom is 0.143 e. The third kappa shape index (κ3) is 2.86. The highest BCUT2D eigenvalue weighted by Crippen LogP contribution is 2.27. The number of anilines is 1. The van der Waals surface area contributed by atoms with Gasteiger partial charge in [-0.3, -0.25) is 0 Å². The normalized spacial score (nSPS) is 11.6. The number of hydrogen-bond acceptors (Lipinski definition) is 4. The lowest BCUT2D eigenvalue weighted by Gasteiger charge is -2.13. The first kappa shape index (κ1) is 11.3. The van der Waals surface area contributed by atoms with Crippen molar-refractivity contribution in [3.05, 3.63) is 23.8 Å². The van der Waals surface area contributed by atoms with Gasteiger partial charge in [-0.25, -0.2) is 0 Å². The summed E-state index contributed by atoms with van der Waals surface area (Å²) in [5.74, 6) is 0.606. The van der Waals surface area contributed by atoms with Crippen molar-refractivity contribution in [1.82, 2.24) is 0 Å². The minimum Gasteiger partial charge on any atom is -0.495 e. The SMILES string of the molecule is COc1cccc(C#N)c1NC[C@@H](C)O. The van der Waals surface area contributed by atoms with Crippen molar-refractivity contribution >= 4 is 5.69 Å². The summed E-state index contributed by atoms with van der Waals surface area (Å²) in [5.41, 5.74) is 1.14. The van der Waals surface area contributed by atoms with Crippen LogP contribution in [0.1, 0.15) is 12.5 Å². The molecule has 0 aliphatic rings. The molecule has 0 bridgehead atoms. The molecule has 0 saturated heterocycles. The van der Waals surface area contributed by atoms with Crippen molar-refractivity contribution in [2.75, 3.05) is 19.0 Å². The van der Waals surface area contributed by atoms with Crippen LogP contribution in [0.5, 0.6) is 5.75 Å². The molecule has 4 heteroatoms. The standard InChI is InChI=1S/C11H14N2O2/c1-8(14)7-13-11-9(6-12)4-3-5-10(11)15-2/h3-5,8,13-14H,7H2,1-2H3/t8-/m1/s1. The Kier molecular flexibility index (Phi) is 3.95. The summed E-state index contributed by atoms with van der Waals surface area (Å²) in [5, 5.41) is 21.0. The number of aliphatic hydroxyl groups is 1. The molecule has 1 rings (SSSR count). The van der Waals surface area contributed by atoms with Crippen molar-refractivity contribution in [3.63, 3.8) is 0 Å². The van der Waals surface area contributed by atoms with Gasteiger partial charge in [0.2, 0.25) is 0 Å². The quantitative estimate of drug-likeness (QED) is 0.780. The Balaban J connectivity index is 2.96. The number of nitriles is 1. The Morgan fingerprint density at radius 1 is 1.60 bits per heavy atom. The Morgan fingerprint density at radius 3 is 2.87 bits per heavy atom. The van der Waals surface area contributed by atoms with Crippen molar-refractivity contribution in [2.45, 2.75) is 13.0 Å². The predicted molar refractivity (Wildman–Crippen MR) is 57.9 cm³/mol. The molecule has 0 saturated carbocycles. The lowest BCUT2D eigenvalue weighted by Crippen LogP contribution is -2.16. The highest BCUT2D eigenvalue weighted by molar-refractivity contribution is 5.66. The number of nitrogens with zero attached hydrogens (tertiary/aromatic N) is 1. The number of hydrogen-bond donors (Lipinski definition) is 2. The van der Waals surface area contributed by atoms with Gasteiger partial charge in [0.1, 0.15) is 11.8 Å². The Hall–Kier alpha value is -1.73. The van der Waals surface area contributed by atoms with Gasteiger partial charge in [-0.05, 0) is 19.1 Å². The van der Waals surface area contributed by atoms with E-state index in [0.29, 0.717) is 23.5 Å². The Bertz CT molecular complexity index is 369. The van der Waals surface area contributed by atoms with Crippen LogP contribution in [-0.4, -0.2) is 24.9 Å². The lowest BCUT2D eigenvalue weighted by molar-refractivity contribution is 0.208. The van der Waals surface area contributed by atoms with E-state index in [1.807, 2.05) is 0 Å². The third-order valence-corrected chi connectivity index (χ3v) is 1.94. The highest BCUT2D eigenvalue weighted by Gasteiger charge is 2.08. The highest BCUT2D eigenvalue weighted by atomic mass is 16.5. The summed E-state index contributed by atoms with van der Waals surface area (Å²) in [4.78, 5) is 0. The topological polar surface area (TPSA) is 65.3 Å². The van der Waals surface area contributed by atoms with Gasteiger partial charge in [0.15, 0.2) is 0 Å². The second-order valence-electron chi connectivity index (χ2n) is 3.22. The van der Waals surface area contributed by atoms with E-state index in [1.54, 1.807) is 32.2 Å². The lowest BCUT2D eigenvalue weighted by atomic mass is 10.1. The molecule has 0 radical (unpaired) electrons. The van der Waals surface area contributed by atoms with E-state index in [2.05, 4.69) is 11.4 Å². The number of para-hydroxylation sites is 1. The first-order chi connectivity index (χ1) is 7.19. The monoisotopic (exact) mass is 206 g/mol. The van der Waals surface area contributed by atoms with E-state index in [0.717, 1.165) is 0 Å². The molecule has 1 atom stereocenters. The fraction of sp³-hybridized carbons (Fsp3) is 0.364. The molecule has 15 heavy (non-hydrogen) atoms. The predicted octanol–water partition coefficient (Wildman–Crippen LogP) is 1.36. The van der Waals surface area contributed by atoms with Crippen molar-refractivity contribution < 1.29 is 9.84 Å². The second-order valence-corrected chi connectivity index (χ2v) is 3.22. The van der Waals surface area contributed by atoms with E-state index in [-0.39, 0.29) is 0 Å². The van der Waals surface area contributed by atoms with Crippen LogP contribution in [0.2, 0.25) is 0 Å². The zero-order valence-electron chi connectivity index (χ0n) is 8.82. The molecule has 0 aliphatic carbocycles. The molecular weight excluding hydrogens is 192 g/mol. The summed E-state index contributed by atoms with van der Waals surface area (Å²) in [6.07, 6.45) is -0.471. The molecule has 0 spiro atoms. The maximum absolute atomic E-state index is 9.15. The van der Waals surface area contributed by atoms with E-state index >= 15 is 0 Å². The molecule has 4 nitrogen and oxygen atoms in total. The van der Waals surface area contributed by atoms with Crippen LogP contribution in [0.4, 0.5) is 5.69 Å². The van der Waals surface area contributed by atoms with Gasteiger partial charge in [-0.1, -0.05) is 6.07 Å². The first-order valence-corrected chi connectivity index (χ1v) is 4.68. The maximum atomic E-state index is 9.15. The molecule has 0 amide bonds. The van der Waals surface area contributed by atoms with Crippen LogP contribution in [0.15, 0.2) is 18.2 Å². The smallest absolute Gasteiger partial charge is 0.143 e. The van der Waals surface area contributed by atoms with Gasteiger partial charge >= 0.3 is 0 Å². The van der Waals surface area contributed by atoms with Gasteiger partial charge in [0.25, 0.3) is 0 Å². The minimum atomic E-state index is -0.471. The Morgan fingerprint density at radius 2 is 2.33 bits per heavy atom. The molecule has 0 aromatic heterocycles. The summed E-state index contributed by atoms with van der Waals surface area (Å²) >= 11 is 0. The van der Waals surface area contributed by atoms with Crippen molar-refractivity contribution in [3.8, 4) is 11.8 Å². The fourth-order valence-electron chi connectivity index (χ4n) is 1.23. The first-order valence-electron chi connectivity index (χ1n) is 4.68. The van der Waals surface area contributed by atoms with E-state index in [9.17, 15) is 0 Å². The van der Waals surface area contributed by atoms with Gasteiger partial charge < -0.3 is 15.2 Å². The van der Waals surface area contributed by atoms with Gasteiger partial charge in [0, 0.05) is 6.54 Å². The number of nitrogens with one attached hydrogen (secondary N) is 1. The third-order valence-electron chi connectivity index (χ3n) is 1.94. The molecule has 1 aromatic rings. The zero-order chi connectivity index (χ0) is 11.3. The largest absolute Gasteiger partial charge is 0.495 e. The van der Waals surface area contributed by atoms with Crippen LogP contribution < -0.4 is 10.1 Å². The van der Waals surface area contributed by atoms with Crippen LogP contribution in [-0.2, 0) is 0 Å². The summed E-state index contributed by atoms with van der Waals surface area (Å²) in [6.45, 7) is 2.06. The number of rotatable bonds is 4. The average Bonchev–Trinajstić information content (AvgIpc) is 2.25. The number of benzene rings is 1. The molecule has 2 N–H and O–H groups in total. The van der Waals surface area contributed by atoms with E-state index < -0.39 is 6.10 Å². The van der Waals surface area contributed by atoms with Crippen molar-refractivity contribution in [1.29, 1.82) is 5.26 Å². The number of ether oxygens (including phenoxy) is 1. The minimum absolute atomic E-state index is 0.384. The Labute approximate surface area is 89.1 Å². The van der Waals surface area contributed by atoms with E-state index in [4.69, 9.17) is 15.1 Å². The zero-order valence-corrected chi connectivity index (χ0v) is 8.82. The molecule has 0 fully saturated rings. The molecule has 0 aliphatic heterocycles. The molecule has 80 valence electrons. The van der Waals surface area contributed by atoms with Gasteiger partial charge in [0.05, 0.1) is 24.5 Å². The molecular formula is C11H14N2O2. The second kappa shape index (κ2) is 5.23. The van der Waals surface area contributed by atoms with Crippen LogP contribution in [0.25, 0.3) is 0 Å². The van der Waals surface area contributed by atoms with Gasteiger partial charge in [-0.15, -0.1) is 0 Å². The molecule has 0 heterocycles. The summed E-state index contributed by atoms with van der Waals surface area (Å²) < 4.78 is 5.12. The molecule has 1 aromatic carbocycles. The number of aliphatic hydroxyl groups excluding tert-OH is 1. The average molecular weight is 206 g/mol. The van der Waals surface area contributed by atoms with Crippen molar-refractivity contribution in [2.24, 2.45) is 0 Å². The van der Waals surface area contributed by atoms with E-state index in [1.165, 1.54) is 0 Å². The fourth-order valence-corrected chi connectivity index (χ4v) is 1.23. The van der Waals surface area contributed by atoms with Crippen LogP contribution in [0.3, 0.4) is 0 Å². The van der Waals surface area contributed by atoms with Gasteiger partial charge in [-0.2, -0.15) is 5.26 Å². The summed E-state index contributed by atoms with van der Waals surface area (Å²) in [6, 6.07) is 7.30. The summed E-state index contributed by atoms with van der Waals surface area (Å²) in [7, 11) is 1.55. The number of methoxy groups -OCH3 is 1. The molecule has 0 unspecified atom stereocenters. The van der Waals surface area contributed by atoms with Crippen LogP contribution >= 0.6 is 0 Å². The van der Waals surface area contributed by atoms with Crippen LogP contribution in [0, 0.1) is 11.3 Å².